The first-order valence-corrected chi connectivity index (χ1v) is 29.0. The lowest BCUT2D eigenvalue weighted by atomic mass is 10.0. The zero-order chi connectivity index (χ0) is 46.5. The molecule has 0 aliphatic rings. The van der Waals surface area contributed by atoms with Crippen molar-refractivity contribution in [3.8, 4) is 0 Å². The van der Waals surface area contributed by atoms with Gasteiger partial charge in [-0.3, -0.25) is 9.59 Å². The van der Waals surface area contributed by atoms with Crippen molar-refractivity contribution in [2.45, 2.75) is 334 Å². The van der Waals surface area contributed by atoms with Crippen LogP contribution in [0.3, 0.4) is 0 Å². The first-order valence-electron chi connectivity index (χ1n) is 29.0. The van der Waals surface area contributed by atoms with Crippen LogP contribution in [0.1, 0.15) is 322 Å². The molecule has 0 rings (SSSR count). The van der Waals surface area contributed by atoms with E-state index in [1.165, 1.54) is 257 Å². The maximum Gasteiger partial charge on any atom is 0.305 e. The van der Waals surface area contributed by atoms with E-state index < -0.39 is 12.1 Å². The number of aliphatic hydroxyl groups is 2. The van der Waals surface area contributed by atoms with Crippen LogP contribution in [-0.4, -0.2) is 47.4 Å². The second-order valence-corrected chi connectivity index (χ2v) is 20.0. The molecule has 0 fully saturated rings. The Hall–Kier alpha value is -1.40. The van der Waals surface area contributed by atoms with Crippen LogP contribution in [0.15, 0.2) is 12.2 Å². The molecule has 0 heterocycles. The SMILES string of the molecule is CCCCCCCCCCC/C=C/C(O)C(CO)NC(=O)CCCCCCCCCCCCCCCCCCCCCCOC(=O)CCCCCCCCCCCCCCCCCC. The quantitative estimate of drug-likeness (QED) is 0.0321. The molecular weight excluding hydrogens is 791 g/mol. The number of hydrogen-bond acceptors (Lipinski definition) is 5. The molecule has 0 spiro atoms. The number of ether oxygens (including phenoxy) is 1. The predicted molar refractivity (Wildman–Crippen MR) is 278 cm³/mol. The first-order chi connectivity index (χ1) is 31.5. The minimum Gasteiger partial charge on any atom is -0.466 e. The molecule has 0 aliphatic carbocycles. The van der Waals surface area contributed by atoms with Crippen molar-refractivity contribution in [2.24, 2.45) is 0 Å². The zero-order valence-electron chi connectivity index (χ0n) is 43.3. The van der Waals surface area contributed by atoms with Crippen molar-refractivity contribution in [1.82, 2.24) is 5.32 Å². The van der Waals surface area contributed by atoms with E-state index in [4.69, 9.17) is 4.74 Å². The number of aliphatic hydroxyl groups excluding tert-OH is 2. The molecule has 3 N–H and O–H groups in total. The molecule has 0 bridgehead atoms. The number of carbonyl (C=O) groups is 2. The monoisotopic (exact) mass is 904 g/mol. The molecule has 6 heteroatoms. The van der Waals surface area contributed by atoms with Gasteiger partial charge in [0.1, 0.15) is 0 Å². The second kappa shape index (κ2) is 54.2. The van der Waals surface area contributed by atoms with Crippen molar-refractivity contribution in [1.29, 1.82) is 0 Å². The third kappa shape index (κ3) is 50.0. The topological polar surface area (TPSA) is 95.9 Å². The molecular formula is C58H113NO5. The van der Waals surface area contributed by atoms with Crippen LogP contribution in [0.5, 0.6) is 0 Å². The van der Waals surface area contributed by atoms with E-state index in [1.807, 2.05) is 6.08 Å². The van der Waals surface area contributed by atoms with Gasteiger partial charge in [-0.05, 0) is 32.1 Å². The summed E-state index contributed by atoms with van der Waals surface area (Å²) in [5.41, 5.74) is 0. The minimum atomic E-state index is -0.843. The number of rotatable bonds is 54. The summed E-state index contributed by atoms with van der Waals surface area (Å²) in [4.78, 5) is 24.5. The Bertz CT molecular complexity index is 955. The molecule has 2 unspecified atom stereocenters. The van der Waals surface area contributed by atoms with Gasteiger partial charge in [0.05, 0.1) is 25.4 Å². The smallest absolute Gasteiger partial charge is 0.305 e. The lowest BCUT2D eigenvalue weighted by Gasteiger charge is -2.20. The van der Waals surface area contributed by atoms with Crippen molar-refractivity contribution < 1.29 is 24.5 Å². The van der Waals surface area contributed by atoms with Crippen LogP contribution < -0.4 is 5.32 Å². The number of nitrogens with one attached hydrogen (secondary N) is 1. The molecule has 6 nitrogen and oxygen atoms in total. The van der Waals surface area contributed by atoms with Gasteiger partial charge in [-0.1, -0.05) is 289 Å². The van der Waals surface area contributed by atoms with E-state index in [0.717, 1.165) is 38.5 Å². The fourth-order valence-electron chi connectivity index (χ4n) is 9.11. The van der Waals surface area contributed by atoms with Gasteiger partial charge in [0, 0.05) is 12.8 Å². The number of unbranched alkanes of at least 4 members (excludes halogenated alkanes) is 43. The second-order valence-electron chi connectivity index (χ2n) is 20.0. The number of hydrogen-bond donors (Lipinski definition) is 3. The number of amides is 1. The summed E-state index contributed by atoms with van der Waals surface area (Å²) in [5.74, 6) is -0.0562. The van der Waals surface area contributed by atoms with E-state index in [0.29, 0.717) is 19.4 Å². The highest BCUT2D eigenvalue weighted by Gasteiger charge is 2.18. The Kier molecular flexibility index (Phi) is 53.0. The maximum absolute atomic E-state index is 12.4. The molecule has 2 atom stereocenters. The molecule has 0 aromatic rings. The maximum atomic E-state index is 12.4. The number of allylic oxidation sites excluding steroid dienone is 1. The van der Waals surface area contributed by atoms with Crippen LogP contribution in [0.25, 0.3) is 0 Å². The average molecular weight is 905 g/mol. The Morgan fingerprint density at radius 2 is 0.719 bits per heavy atom. The molecule has 0 aromatic carbocycles. The molecule has 0 aromatic heterocycles. The van der Waals surface area contributed by atoms with Gasteiger partial charge in [0.2, 0.25) is 5.91 Å². The minimum absolute atomic E-state index is 0.0136. The standard InChI is InChI=1S/C58H113NO5/c1-3-5-7-9-11-13-15-16-17-25-28-32-36-40-44-48-52-58(63)64-53-49-45-41-37-33-29-26-23-21-19-18-20-22-24-27-31-35-39-43-47-51-57(62)59-55(54-60)56(61)50-46-42-38-34-30-14-12-10-8-6-4-2/h46,50,55-56,60-61H,3-45,47-49,51-54H2,1-2H3,(H,59,62)/b50-46+. The van der Waals surface area contributed by atoms with Gasteiger partial charge in [-0.15, -0.1) is 0 Å². The van der Waals surface area contributed by atoms with Gasteiger partial charge in [0.15, 0.2) is 0 Å². The normalized spacial score (nSPS) is 12.6. The van der Waals surface area contributed by atoms with Crippen molar-refractivity contribution >= 4 is 11.9 Å². The van der Waals surface area contributed by atoms with Crippen LogP contribution >= 0.6 is 0 Å². The lowest BCUT2D eigenvalue weighted by Crippen LogP contribution is -2.45. The lowest BCUT2D eigenvalue weighted by molar-refractivity contribution is -0.143. The van der Waals surface area contributed by atoms with E-state index >= 15 is 0 Å². The zero-order valence-corrected chi connectivity index (χ0v) is 43.3. The summed E-state index contributed by atoms with van der Waals surface area (Å²) < 4.78 is 5.49. The van der Waals surface area contributed by atoms with Crippen LogP contribution in [0, 0.1) is 0 Å². The van der Waals surface area contributed by atoms with Crippen LogP contribution in [0.4, 0.5) is 0 Å². The Labute approximate surface area is 399 Å². The highest BCUT2D eigenvalue weighted by atomic mass is 16.5. The van der Waals surface area contributed by atoms with Gasteiger partial charge in [-0.2, -0.15) is 0 Å². The molecule has 0 saturated carbocycles. The van der Waals surface area contributed by atoms with E-state index in [1.54, 1.807) is 6.08 Å². The Morgan fingerprint density at radius 3 is 1.06 bits per heavy atom. The Balaban J connectivity index is 3.37. The van der Waals surface area contributed by atoms with E-state index in [-0.39, 0.29) is 18.5 Å². The highest BCUT2D eigenvalue weighted by Crippen LogP contribution is 2.17. The summed E-state index contributed by atoms with van der Waals surface area (Å²) in [6.45, 7) is 4.91. The predicted octanol–water partition coefficient (Wildman–Crippen LogP) is 17.7. The van der Waals surface area contributed by atoms with Crippen LogP contribution in [0.2, 0.25) is 0 Å². The molecule has 0 aliphatic heterocycles. The summed E-state index contributed by atoms with van der Waals surface area (Å²) in [6, 6.07) is -0.627. The van der Waals surface area contributed by atoms with E-state index in [9.17, 15) is 19.8 Å². The molecule has 380 valence electrons. The fourth-order valence-corrected chi connectivity index (χ4v) is 9.11. The molecule has 1 amide bonds. The van der Waals surface area contributed by atoms with Crippen molar-refractivity contribution in [3.63, 3.8) is 0 Å². The Morgan fingerprint density at radius 1 is 0.422 bits per heavy atom. The first kappa shape index (κ1) is 62.6. The molecule has 0 radical (unpaired) electrons. The van der Waals surface area contributed by atoms with Gasteiger partial charge in [0.25, 0.3) is 0 Å². The highest BCUT2D eigenvalue weighted by molar-refractivity contribution is 5.76. The third-order valence-corrected chi connectivity index (χ3v) is 13.6. The largest absolute Gasteiger partial charge is 0.466 e. The van der Waals surface area contributed by atoms with Gasteiger partial charge in [-0.25, -0.2) is 0 Å². The van der Waals surface area contributed by atoms with Gasteiger partial charge >= 0.3 is 5.97 Å². The average Bonchev–Trinajstić information content (AvgIpc) is 3.29. The van der Waals surface area contributed by atoms with Crippen LogP contribution in [-0.2, 0) is 14.3 Å². The van der Waals surface area contributed by atoms with Crippen molar-refractivity contribution in [3.05, 3.63) is 12.2 Å². The number of esters is 1. The van der Waals surface area contributed by atoms with Gasteiger partial charge < -0.3 is 20.3 Å². The summed E-state index contributed by atoms with van der Waals surface area (Å²) in [5, 5.41) is 23.0. The number of carbonyl (C=O) groups excluding carboxylic acids is 2. The molecule has 0 saturated heterocycles. The summed E-state index contributed by atoms with van der Waals surface area (Å²) in [6.07, 6.45) is 63.8. The fraction of sp³-hybridized carbons (Fsp3) is 0.931. The van der Waals surface area contributed by atoms with Crippen molar-refractivity contribution in [2.75, 3.05) is 13.2 Å². The summed E-state index contributed by atoms with van der Waals surface area (Å²) >= 11 is 0. The summed E-state index contributed by atoms with van der Waals surface area (Å²) in [7, 11) is 0. The molecule has 64 heavy (non-hydrogen) atoms. The van der Waals surface area contributed by atoms with E-state index in [2.05, 4.69) is 19.2 Å². The third-order valence-electron chi connectivity index (χ3n) is 13.6.